The molecule has 0 aliphatic heterocycles. The number of carboxylic acids is 1. The lowest BCUT2D eigenvalue weighted by molar-refractivity contribution is -0.134. The monoisotopic (exact) mass is 208 g/mol. The summed E-state index contributed by atoms with van der Waals surface area (Å²) in [6.07, 6.45) is 0. The molecule has 0 spiro atoms. The molecule has 0 heterocycles. The Balaban J connectivity index is 3.27. The van der Waals surface area contributed by atoms with E-state index < -0.39 is 11.8 Å². The molecule has 0 atom stereocenters. The maximum absolute atomic E-state index is 13.4. The number of carboxylic acid groups (broad SMARTS) is 1. The van der Waals surface area contributed by atoms with Gasteiger partial charge in [-0.15, -0.1) is 0 Å². The zero-order valence-electron chi connectivity index (χ0n) is 8.70. The van der Waals surface area contributed by atoms with Crippen molar-refractivity contribution in [1.82, 2.24) is 0 Å². The van der Waals surface area contributed by atoms with Gasteiger partial charge in [0.1, 0.15) is 0 Å². The predicted molar refractivity (Wildman–Crippen MR) is 56.9 cm³/mol. The van der Waals surface area contributed by atoms with Gasteiger partial charge < -0.3 is 5.11 Å². The lowest BCUT2D eigenvalue weighted by Gasteiger charge is -2.11. The summed E-state index contributed by atoms with van der Waals surface area (Å²) in [7, 11) is 0. The van der Waals surface area contributed by atoms with Crippen molar-refractivity contribution in [3.05, 3.63) is 41.7 Å². The first-order valence-corrected chi connectivity index (χ1v) is 4.72. The molecule has 2 nitrogen and oxygen atoms in total. The van der Waals surface area contributed by atoms with E-state index in [0.29, 0.717) is 5.56 Å². The van der Waals surface area contributed by atoms with E-state index >= 15 is 0 Å². The number of allylic oxidation sites excluding steroid dienone is 1. The van der Waals surface area contributed by atoms with Crippen LogP contribution in [-0.2, 0) is 4.79 Å². The molecule has 0 aliphatic carbocycles. The summed E-state index contributed by atoms with van der Waals surface area (Å²) in [6.45, 7) is 3.54. The number of hydrogen-bond donors (Lipinski definition) is 1. The second kappa shape index (κ2) is 4.73. The Labute approximate surface area is 88.1 Å². The van der Waals surface area contributed by atoms with Gasteiger partial charge >= 0.3 is 5.97 Å². The summed E-state index contributed by atoms with van der Waals surface area (Å²) < 4.78 is 13.4. The third-order valence-electron chi connectivity index (χ3n) is 2.09. The van der Waals surface area contributed by atoms with E-state index in [0.717, 1.165) is 0 Å². The van der Waals surface area contributed by atoms with Gasteiger partial charge in [0, 0.05) is 5.57 Å². The van der Waals surface area contributed by atoms with Gasteiger partial charge in [-0.05, 0) is 11.5 Å². The lowest BCUT2D eigenvalue weighted by Crippen LogP contribution is -2.04. The molecule has 0 aromatic heterocycles. The van der Waals surface area contributed by atoms with Crippen LogP contribution in [-0.4, -0.2) is 11.1 Å². The van der Waals surface area contributed by atoms with Gasteiger partial charge in [0.25, 0.3) is 0 Å². The molecule has 0 aliphatic rings. The highest BCUT2D eigenvalue weighted by molar-refractivity contribution is 5.94. The smallest absolute Gasteiger partial charge is 0.365 e. The van der Waals surface area contributed by atoms with Crippen molar-refractivity contribution in [3.8, 4) is 0 Å². The van der Waals surface area contributed by atoms with Gasteiger partial charge in [0.15, 0.2) is 0 Å². The first-order valence-electron chi connectivity index (χ1n) is 4.72. The number of rotatable bonds is 3. The van der Waals surface area contributed by atoms with E-state index in [1.54, 1.807) is 44.2 Å². The summed E-state index contributed by atoms with van der Waals surface area (Å²) in [5.41, 5.74) is 0.857. The molecule has 1 aromatic rings. The lowest BCUT2D eigenvalue weighted by atomic mass is 9.94. The molecule has 1 rings (SSSR count). The molecule has 0 saturated carbocycles. The average molecular weight is 208 g/mol. The maximum Gasteiger partial charge on any atom is 0.365 e. The van der Waals surface area contributed by atoms with Gasteiger partial charge in [0.2, 0.25) is 5.83 Å². The highest BCUT2D eigenvalue weighted by Gasteiger charge is 2.18. The standard InChI is InChI=1S/C12H13FO2/c1-8(2)10(11(13)12(14)15)9-6-4-3-5-7-9/h3-8H,1-2H3,(H,14,15). The van der Waals surface area contributed by atoms with Crippen LogP contribution in [0, 0.1) is 5.92 Å². The molecule has 0 radical (unpaired) electrons. The zero-order valence-corrected chi connectivity index (χ0v) is 8.70. The van der Waals surface area contributed by atoms with Gasteiger partial charge in [-0.2, -0.15) is 4.39 Å². The third-order valence-corrected chi connectivity index (χ3v) is 2.09. The molecule has 80 valence electrons. The largest absolute Gasteiger partial charge is 0.476 e. The van der Waals surface area contributed by atoms with Crippen LogP contribution >= 0.6 is 0 Å². The highest BCUT2D eigenvalue weighted by Crippen LogP contribution is 2.27. The van der Waals surface area contributed by atoms with Crippen LogP contribution in [0.5, 0.6) is 0 Å². The molecule has 0 saturated heterocycles. The summed E-state index contributed by atoms with van der Waals surface area (Å²) in [4.78, 5) is 10.6. The zero-order chi connectivity index (χ0) is 11.4. The topological polar surface area (TPSA) is 37.3 Å². The van der Waals surface area contributed by atoms with Gasteiger partial charge in [0.05, 0.1) is 0 Å². The number of aliphatic carboxylic acids is 1. The maximum atomic E-state index is 13.4. The van der Waals surface area contributed by atoms with Crippen LogP contribution < -0.4 is 0 Å². The Kier molecular flexibility index (Phi) is 3.61. The number of benzene rings is 1. The van der Waals surface area contributed by atoms with E-state index in [-0.39, 0.29) is 11.5 Å². The molecular weight excluding hydrogens is 195 g/mol. The van der Waals surface area contributed by atoms with E-state index in [1.165, 1.54) is 0 Å². The van der Waals surface area contributed by atoms with Gasteiger partial charge in [-0.1, -0.05) is 44.2 Å². The number of halogens is 1. The fourth-order valence-electron chi connectivity index (χ4n) is 1.45. The van der Waals surface area contributed by atoms with Gasteiger partial charge in [-0.25, -0.2) is 4.79 Å². The summed E-state index contributed by atoms with van der Waals surface area (Å²) in [5, 5.41) is 8.63. The van der Waals surface area contributed by atoms with Crippen molar-refractivity contribution in [1.29, 1.82) is 0 Å². The van der Waals surface area contributed by atoms with Crippen molar-refractivity contribution >= 4 is 11.5 Å². The van der Waals surface area contributed by atoms with Crippen molar-refractivity contribution in [2.45, 2.75) is 13.8 Å². The van der Waals surface area contributed by atoms with Crippen molar-refractivity contribution in [3.63, 3.8) is 0 Å². The van der Waals surface area contributed by atoms with Crippen LogP contribution in [0.25, 0.3) is 5.57 Å². The molecule has 0 bridgehead atoms. The number of hydrogen-bond acceptors (Lipinski definition) is 1. The summed E-state index contributed by atoms with van der Waals surface area (Å²) >= 11 is 0. The molecule has 0 fully saturated rings. The van der Waals surface area contributed by atoms with Gasteiger partial charge in [-0.3, -0.25) is 0 Å². The minimum atomic E-state index is -1.51. The minimum Gasteiger partial charge on any atom is -0.476 e. The molecular formula is C12H13FO2. The molecule has 3 heteroatoms. The predicted octanol–water partition coefficient (Wildman–Crippen LogP) is 3.11. The Bertz CT molecular complexity index is 380. The van der Waals surface area contributed by atoms with Crippen LogP contribution in [0.1, 0.15) is 19.4 Å². The van der Waals surface area contributed by atoms with E-state index in [2.05, 4.69) is 0 Å². The van der Waals surface area contributed by atoms with Crippen molar-refractivity contribution in [2.75, 3.05) is 0 Å². The third kappa shape index (κ3) is 2.65. The summed E-state index contributed by atoms with van der Waals surface area (Å²) in [6, 6.07) is 8.73. The number of carbonyl (C=O) groups is 1. The second-order valence-corrected chi connectivity index (χ2v) is 3.55. The van der Waals surface area contributed by atoms with E-state index in [4.69, 9.17) is 5.11 Å². The average Bonchev–Trinajstić information content (AvgIpc) is 2.18. The normalized spacial score (nSPS) is 12.5. The van der Waals surface area contributed by atoms with Crippen LogP contribution in [0.15, 0.2) is 36.2 Å². The highest BCUT2D eigenvalue weighted by atomic mass is 19.1. The SMILES string of the molecule is CC(C)C(=C(F)C(=O)O)c1ccccc1. The quantitative estimate of drug-likeness (QED) is 0.775. The minimum absolute atomic E-state index is 0.163. The fourth-order valence-corrected chi connectivity index (χ4v) is 1.45. The molecule has 1 N–H and O–H groups in total. The molecule has 0 unspecified atom stereocenters. The van der Waals surface area contributed by atoms with E-state index in [9.17, 15) is 9.18 Å². The first kappa shape index (κ1) is 11.4. The molecule has 15 heavy (non-hydrogen) atoms. The van der Waals surface area contributed by atoms with Crippen LogP contribution in [0.3, 0.4) is 0 Å². The Hall–Kier alpha value is -1.64. The Morgan fingerprint density at radius 1 is 1.27 bits per heavy atom. The molecule has 1 aromatic carbocycles. The summed E-state index contributed by atoms with van der Waals surface area (Å²) in [5.74, 6) is -2.75. The van der Waals surface area contributed by atoms with Crippen LogP contribution in [0.4, 0.5) is 4.39 Å². The second-order valence-electron chi connectivity index (χ2n) is 3.55. The van der Waals surface area contributed by atoms with Crippen molar-refractivity contribution in [2.24, 2.45) is 5.92 Å². The first-order chi connectivity index (χ1) is 7.04. The van der Waals surface area contributed by atoms with E-state index in [1.807, 2.05) is 0 Å². The van der Waals surface area contributed by atoms with Crippen LogP contribution in [0.2, 0.25) is 0 Å². The Morgan fingerprint density at radius 2 is 1.80 bits per heavy atom. The Morgan fingerprint density at radius 3 is 2.20 bits per heavy atom. The van der Waals surface area contributed by atoms with Crippen molar-refractivity contribution < 1.29 is 14.3 Å². The fraction of sp³-hybridized carbons (Fsp3) is 0.250. The molecule has 0 amide bonds.